The highest BCUT2D eigenvalue weighted by molar-refractivity contribution is 6.28. The summed E-state index contributed by atoms with van der Waals surface area (Å²) in [7, 11) is 1.52. The Bertz CT molecular complexity index is 812. The van der Waals surface area contributed by atoms with E-state index in [1.54, 1.807) is 13.8 Å². The summed E-state index contributed by atoms with van der Waals surface area (Å²) in [6.45, 7) is 3.63. The Morgan fingerprint density at radius 2 is 2.08 bits per heavy atom. The number of carbonyl (C=O) groups is 2. The summed E-state index contributed by atoms with van der Waals surface area (Å²) < 4.78 is 4.93. The van der Waals surface area contributed by atoms with E-state index in [9.17, 15) is 9.59 Å². The SMILES string of the molecule is CCOC(=O)c1cnc(C)c(NC(=O)c2cnc(Cl)nc2N(C)N)c1. The van der Waals surface area contributed by atoms with E-state index in [1.165, 1.54) is 25.5 Å². The van der Waals surface area contributed by atoms with Crippen LogP contribution in [0.25, 0.3) is 0 Å². The zero-order valence-corrected chi connectivity index (χ0v) is 14.7. The molecule has 9 nitrogen and oxygen atoms in total. The van der Waals surface area contributed by atoms with Gasteiger partial charge in [-0.1, -0.05) is 0 Å². The van der Waals surface area contributed by atoms with Crippen LogP contribution >= 0.6 is 11.6 Å². The molecule has 0 spiro atoms. The number of aryl methyl sites for hydroxylation is 1. The highest BCUT2D eigenvalue weighted by Crippen LogP contribution is 2.20. The van der Waals surface area contributed by atoms with Gasteiger partial charge < -0.3 is 10.1 Å². The number of amides is 1. The van der Waals surface area contributed by atoms with Crippen LogP contribution in [0.5, 0.6) is 0 Å². The molecule has 2 rings (SSSR count). The quantitative estimate of drug-likeness (QED) is 0.354. The number of esters is 1. The van der Waals surface area contributed by atoms with Gasteiger partial charge in [-0.05, 0) is 31.5 Å². The minimum absolute atomic E-state index is 0.0361. The zero-order valence-electron chi connectivity index (χ0n) is 13.9. The lowest BCUT2D eigenvalue weighted by molar-refractivity contribution is 0.0525. The van der Waals surface area contributed by atoms with Crippen molar-refractivity contribution in [3.63, 3.8) is 0 Å². The Labute approximate surface area is 149 Å². The molecule has 10 heteroatoms. The minimum Gasteiger partial charge on any atom is -0.462 e. The largest absolute Gasteiger partial charge is 0.462 e. The number of rotatable bonds is 5. The molecule has 2 heterocycles. The Morgan fingerprint density at radius 1 is 1.36 bits per heavy atom. The van der Waals surface area contributed by atoms with Crippen LogP contribution in [-0.2, 0) is 4.74 Å². The monoisotopic (exact) mass is 364 g/mol. The van der Waals surface area contributed by atoms with Gasteiger partial charge in [0.2, 0.25) is 5.28 Å². The van der Waals surface area contributed by atoms with Crippen LogP contribution in [0.2, 0.25) is 5.28 Å². The average Bonchev–Trinajstić information content (AvgIpc) is 2.56. The fraction of sp³-hybridized carbons (Fsp3) is 0.267. The van der Waals surface area contributed by atoms with E-state index >= 15 is 0 Å². The number of hydrazine groups is 1. The first-order valence-corrected chi connectivity index (χ1v) is 7.67. The summed E-state index contributed by atoms with van der Waals surface area (Å²) in [6.07, 6.45) is 2.65. The van der Waals surface area contributed by atoms with Gasteiger partial charge in [0.15, 0.2) is 5.82 Å². The molecule has 0 bridgehead atoms. The van der Waals surface area contributed by atoms with Crippen LogP contribution in [0.1, 0.15) is 33.3 Å². The fourth-order valence-corrected chi connectivity index (χ4v) is 2.09. The number of nitrogens with zero attached hydrogens (tertiary/aromatic N) is 4. The lowest BCUT2D eigenvalue weighted by Crippen LogP contribution is -2.29. The molecular formula is C15H17ClN6O3. The van der Waals surface area contributed by atoms with Gasteiger partial charge in [0.25, 0.3) is 5.91 Å². The summed E-state index contributed by atoms with van der Waals surface area (Å²) in [4.78, 5) is 36.2. The highest BCUT2D eigenvalue weighted by Gasteiger charge is 2.18. The van der Waals surface area contributed by atoms with E-state index in [2.05, 4.69) is 20.3 Å². The zero-order chi connectivity index (χ0) is 18.6. The molecular weight excluding hydrogens is 348 g/mol. The number of hydrogen-bond acceptors (Lipinski definition) is 8. The topological polar surface area (TPSA) is 123 Å². The molecule has 25 heavy (non-hydrogen) atoms. The molecule has 2 aromatic heterocycles. The maximum atomic E-state index is 12.5. The molecule has 0 saturated heterocycles. The van der Waals surface area contributed by atoms with Gasteiger partial charge in [-0.2, -0.15) is 4.98 Å². The van der Waals surface area contributed by atoms with Gasteiger partial charge in [-0.15, -0.1) is 0 Å². The first kappa shape index (κ1) is 18.6. The van der Waals surface area contributed by atoms with Crippen LogP contribution in [-0.4, -0.2) is 40.5 Å². The second-order valence-electron chi connectivity index (χ2n) is 5.02. The van der Waals surface area contributed by atoms with Crippen molar-refractivity contribution in [2.45, 2.75) is 13.8 Å². The van der Waals surface area contributed by atoms with Gasteiger partial charge in [0, 0.05) is 19.4 Å². The normalized spacial score (nSPS) is 10.3. The lowest BCUT2D eigenvalue weighted by atomic mass is 10.2. The van der Waals surface area contributed by atoms with E-state index < -0.39 is 11.9 Å². The predicted octanol–water partition coefficient (Wildman–Crippen LogP) is 1.57. The van der Waals surface area contributed by atoms with Crippen molar-refractivity contribution in [2.24, 2.45) is 5.84 Å². The lowest BCUT2D eigenvalue weighted by Gasteiger charge is -2.15. The van der Waals surface area contributed by atoms with E-state index in [4.69, 9.17) is 22.2 Å². The summed E-state index contributed by atoms with van der Waals surface area (Å²) >= 11 is 5.74. The Kier molecular flexibility index (Phi) is 5.84. The first-order valence-electron chi connectivity index (χ1n) is 7.29. The van der Waals surface area contributed by atoms with Crippen molar-refractivity contribution in [3.8, 4) is 0 Å². The molecule has 3 N–H and O–H groups in total. The molecule has 0 aliphatic rings. The number of carbonyl (C=O) groups excluding carboxylic acids is 2. The molecule has 0 fully saturated rings. The third kappa shape index (κ3) is 4.40. The van der Waals surface area contributed by atoms with Crippen molar-refractivity contribution in [1.82, 2.24) is 15.0 Å². The van der Waals surface area contributed by atoms with Crippen LogP contribution in [0, 0.1) is 6.92 Å². The van der Waals surface area contributed by atoms with Gasteiger partial charge in [-0.3, -0.25) is 14.8 Å². The van der Waals surface area contributed by atoms with Crippen LogP contribution in [0.3, 0.4) is 0 Å². The van der Waals surface area contributed by atoms with E-state index in [0.29, 0.717) is 11.4 Å². The smallest absolute Gasteiger partial charge is 0.339 e. The summed E-state index contributed by atoms with van der Waals surface area (Å²) in [5.41, 5.74) is 1.23. The molecule has 0 aromatic carbocycles. The Morgan fingerprint density at radius 3 is 2.72 bits per heavy atom. The molecule has 0 radical (unpaired) electrons. The summed E-state index contributed by atoms with van der Waals surface area (Å²) in [5.74, 6) is 4.79. The number of nitrogens with two attached hydrogens (primary N) is 1. The fourth-order valence-electron chi connectivity index (χ4n) is 1.96. The third-order valence-electron chi connectivity index (χ3n) is 3.16. The molecule has 0 aliphatic heterocycles. The van der Waals surface area contributed by atoms with Crippen molar-refractivity contribution in [3.05, 3.63) is 40.6 Å². The number of anilines is 2. The number of nitrogens with one attached hydrogen (secondary N) is 1. The van der Waals surface area contributed by atoms with Crippen LogP contribution < -0.4 is 16.2 Å². The van der Waals surface area contributed by atoms with Crippen molar-refractivity contribution in [2.75, 3.05) is 24.0 Å². The number of aromatic nitrogens is 3. The highest BCUT2D eigenvalue weighted by atomic mass is 35.5. The Hall–Kier alpha value is -2.78. The number of ether oxygens (including phenoxy) is 1. The van der Waals surface area contributed by atoms with E-state index in [-0.39, 0.29) is 28.8 Å². The molecule has 132 valence electrons. The Balaban J connectivity index is 2.32. The number of halogens is 1. The van der Waals surface area contributed by atoms with Crippen molar-refractivity contribution >= 4 is 35.0 Å². The molecule has 0 unspecified atom stereocenters. The molecule has 0 atom stereocenters. The first-order chi connectivity index (χ1) is 11.8. The maximum Gasteiger partial charge on any atom is 0.339 e. The van der Waals surface area contributed by atoms with Crippen molar-refractivity contribution < 1.29 is 14.3 Å². The maximum absolute atomic E-state index is 12.5. The van der Waals surface area contributed by atoms with Gasteiger partial charge >= 0.3 is 5.97 Å². The molecule has 0 aliphatic carbocycles. The molecule has 1 amide bonds. The van der Waals surface area contributed by atoms with Crippen LogP contribution in [0.15, 0.2) is 18.5 Å². The summed E-state index contributed by atoms with van der Waals surface area (Å²) in [6, 6.07) is 1.49. The number of hydrogen-bond donors (Lipinski definition) is 2. The minimum atomic E-state index is -0.525. The number of pyridine rings is 1. The second-order valence-corrected chi connectivity index (χ2v) is 5.36. The van der Waals surface area contributed by atoms with Crippen LogP contribution in [0.4, 0.5) is 11.5 Å². The molecule has 0 saturated carbocycles. The van der Waals surface area contributed by atoms with Gasteiger partial charge in [0.1, 0.15) is 5.56 Å². The average molecular weight is 365 g/mol. The third-order valence-corrected chi connectivity index (χ3v) is 3.35. The standard InChI is InChI=1S/C15H17ClN6O3/c1-4-25-14(24)9-5-11(8(2)18-6-9)20-13(23)10-7-19-15(16)21-12(10)22(3)17/h5-7H,4,17H2,1-3H3,(H,20,23). The second kappa shape index (κ2) is 7.86. The van der Waals surface area contributed by atoms with E-state index in [0.717, 1.165) is 5.01 Å². The van der Waals surface area contributed by atoms with Gasteiger partial charge in [-0.25, -0.2) is 15.6 Å². The van der Waals surface area contributed by atoms with E-state index in [1.807, 2.05) is 0 Å². The summed E-state index contributed by atoms with van der Waals surface area (Å²) in [5, 5.41) is 3.78. The predicted molar refractivity (Wildman–Crippen MR) is 92.5 cm³/mol. The molecule has 2 aromatic rings. The van der Waals surface area contributed by atoms with Crippen molar-refractivity contribution in [1.29, 1.82) is 0 Å². The van der Waals surface area contributed by atoms with Gasteiger partial charge in [0.05, 0.1) is 23.6 Å².